The van der Waals surface area contributed by atoms with Crippen molar-refractivity contribution in [3.05, 3.63) is 11.4 Å². The fourth-order valence-electron chi connectivity index (χ4n) is 2.41. The minimum absolute atomic E-state index is 0.0295. The quantitative estimate of drug-likeness (QED) is 0.868. The molecule has 0 spiro atoms. The second-order valence-corrected chi connectivity index (χ2v) is 5.14. The maximum atomic E-state index is 12.5. The number of carbonyl (C=O) groups is 1. The normalized spacial score (nSPS) is 17.2. The van der Waals surface area contributed by atoms with Crippen LogP contribution in [0, 0.1) is 12.8 Å². The number of aromatic nitrogens is 2. The summed E-state index contributed by atoms with van der Waals surface area (Å²) in [5.41, 5.74) is 7.81. The van der Waals surface area contributed by atoms with Crippen molar-refractivity contribution in [2.24, 2.45) is 5.92 Å². The maximum absolute atomic E-state index is 12.5. The summed E-state index contributed by atoms with van der Waals surface area (Å²) in [6.07, 6.45) is 2.15. The number of nitrogens with zero attached hydrogens (tertiary/aromatic N) is 3. The summed E-state index contributed by atoms with van der Waals surface area (Å²) in [6.45, 7) is 8.37. The Morgan fingerprint density at radius 3 is 2.61 bits per heavy atom. The van der Waals surface area contributed by atoms with Crippen LogP contribution in [-0.4, -0.2) is 33.7 Å². The fraction of sp³-hybridized carbons (Fsp3) is 0.692. The number of nitrogens with two attached hydrogens (primary N) is 1. The van der Waals surface area contributed by atoms with E-state index in [0.717, 1.165) is 31.6 Å². The van der Waals surface area contributed by atoms with E-state index in [4.69, 9.17) is 5.73 Å². The van der Waals surface area contributed by atoms with Crippen molar-refractivity contribution in [1.82, 2.24) is 14.7 Å². The predicted octanol–water partition coefficient (Wildman–Crippen LogP) is 1.67. The maximum Gasteiger partial charge on any atom is 0.274 e. The summed E-state index contributed by atoms with van der Waals surface area (Å²) < 4.78 is 1.71. The molecule has 0 bridgehead atoms. The topological polar surface area (TPSA) is 64.2 Å². The molecule has 1 saturated heterocycles. The van der Waals surface area contributed by atoms with Gasteiger partial charge in [-0.2, -0.15) is 5.10 Å². The van der Waals surface area contributed by atoms with Gasteiger partial charge in [-0.15, -0.1) is 0 Å². The Hall–Kier alpha value is -1.52. The van der Waals surface area contributed by atoms with Crippen molar-refractivity contribution < 1.29 is 4.79 Å². The average molecular weight is 250 g/mol. The highest BCUT2D eigenvalue weighted by atomic mass is 16.2. The number of rotatable bonds is 2. The predicted molar refractivity (Wildman–Crippen MR) is 71.4 cm³/mol. The number of aryl methyl sites for hydroxylation is 2. The van der Waals surface area contributed by atoms with Gasteiger partial charge in [0.2, 0.25) is 0 Å². The van der Waals surface area contributed by atoms with E-state index in [0.29, 0.717) is 23.8 Å². The Balaban J connectivity index is 2.23. The van der Waals surface area contributed by atoms with Gasteiger partial charge in [-0.3, -0.25) is 9.48 Å². The number of likely N-dealkylation sites (tertiary alicyclic amines) is 1. The third-order valence-electron chi connectivity index (χ3n) is 3.75. The summed E-state index contributed by atoms with van der Waals surface area (Å²) in [4.78, 5) is 14.4. The molecule has 0 aliphatic carbocycles. The van der Waals surface area contributed by atoms with Crippen LogP contribution in [0.25, 0.3) is 0 Å². The van der Waals surface area contributed by atoms with E-state index in [1.165, 1.54) is 0 Å². The van der Waals surface area contributed by atoms with Crippen LogP contribution in [-0.2, 0) is 6.54 Å². The van der Waals surface area contributed by atoms with Crippen LogP contribution >= 0.6 is 0 Å². The lowest BCUT2D eigenvalue weighted by atomic mass is 9.99. The highest BCUT2D eigenvalue weighted by molar-refractivity contribution is 5.98. The van der Waals surface area contributed by atoms with Crippen LogP contribution in [0.2, 0.25) is 0 Å². The zero-order valence-electron chi connectivity index (χ0n) is 11.4. The van der Waals surface area contributed by atoms with Crippen molar-refractivity contribution in [3.63, 3.8) is 0 Å². The van der Waals surface area contributed by atoms with Gasteiger partial charge in [-0.25, -0.2) is 0 Å². The largest absolute Gasteiger partial charge is 0.395 e. The number of hydrogen-bond donors (Lipinski definition) is 1. The number of carbonyl (C=O) groups excluding carboxylic acids is 1. The van der Waals surface area contributed by atoms with E-state index in [9.17, 15) is 4.79 Å². The molecule has 5 heteroatoms. The van der Waals surface area contributed by atoms with Gasteiger partial charge in [0.05, 0.1) is 11.4 Å². The van der Waals surface area contributed by atoms with Crippen molar-refractivity contribution in [3.8, 4) is 0 Å². The van der Waals surface area contributed by atoms with Gasteiger partial charge in [0, 0.05) is 19.6 Å². The zero-order chi connectivity index (χ0) is 13.3. The number of anilines is 1. The van der Waals surface area contributed by atoms with Crippen LogP contribution < -0.4 is 5.73 Å². The molecule has 1 aliphatic heterocycles. The summed E-state index contributed by atoms with van der Waals surface area (Å²) in [7, 11) is 0. The fourth-order valence-corrected chi connectivity index (χ4v) is 2.41. The van der Waals surface area contributed by atoms with E-state index in [1.54, 1.807) is 4.68 Å². The number of nitrogen functional groups attached to an aromatic ring is 1. The van der Waals surface area contributed by atoms with E-state index in [1.807, 2.05) is 18.7 Å². The van der Waals surface area contributed by atoms with E-state index >= 15 is 0 Å². The first-order chi connectivity index (χ1) is 8.54. The van der Waals surface area contributed by atoms with Crippen molar-refractivity contribution >= 4 is 11.6 Å². The van der Waals surface area contributed by atoms with E-state index in [2.05, 4.69) is 12.0 Å². The Kier molecular flexibility index (Phi) is 3.59. The van der Waals surface area contributed by atoms with Crippen LogP contribution in [0.3, 0.4) is 0 Å². The minimum Gasteiger partial charge on any atom is -0.395 e. The van der Waals surface area contributed by atoms with Crippen molar-refractivity contribution in [1.29, 1.82) is 0 Å². The highest BCUT2D eigenvalue weighted by Crippen LogP contribution is 2.22. The van der Waals surface area contributed by atoms with Gasteiger partial charge >= 0.3 is 0 Å². The van der Waals surface area contributed by atoms with Crippen molar-refractivity contribution in [2.45, 2.75) is 40.2 Å². The molecule has 2 rings (SSSR count). The van der Waals surface area contributed by atoms with Gasteiger partial charge in [0.15, 0.2) is 0 Å². The summed E-state index contributed by atoms with van der Waals surface area (Å²) >= 11 is 0. The molecular weight excluding hydrogens is 228 g/mol. The van der Waals surface area contributed by atoms with Gasteiger partial charge < -0.3 is 10.6 Å². The molecule has 2 heterocycles. The SMILES string of the molecule is CCn1nc(C)c(N)c1C(=O)N1CCC(C)CC1. The van der Waals surface area contributed by atoms with Gasteiger partial charge in [0.1, 0.15) is 5.69 Å². The molecule has 18 heavy (non-hydrogen) atoms. The first-order valence-corrected chi connectivity index (χ1v) is 6.66. The molecule has 100 valence electrons. The third-order valence-corrected chi connectivity index (χ3v) is 3.75. The first kappa shape index (κ1) is 12.9. The van der Waals surface area contributed by atoms with E-state index in [-0.39, 0.29) is 5.91 Å². The highest BCUT2D eigenvalue weighted by Gasteiger charge is 2.26. The summed E-state index contributed by atoms with van der Waals surface area (Å²) in [6, 6.07) is 0. The second-order valence-electron chi connectivity index (χ2n) is 5.14. The number of piperidine rings is 1. The van der Waals surface area contributed by atoms with Crippen LogP contribution in [0.4, 0.5) is 5.69 Å². The molecule has 1 fully saturated rings. The number of hydrogen-bond acceptors (Lipinski definition) is 3. The lowest BCUT2D eigenvalue weighted by Gasteiger charge is -2.30. The Labute approximate surface area is 108 Å². The molecule has 5 nitrogen and oxygen atoms in total. The molecule has 0 atom stereocenters. The van der Waals surface area contributed by atoms with Crippen LogP contribution in [0.1, 0.15) is 42.9 Å². The molecule has 0 saturated carbocycles. The molecule has 1 amide bonds. The van der Waals surface area contributed by atoms with E-state index < -0.39 is 0 Å². The second kappa shape index (κ2) is 5.00. The standard InChI is InChI=1S/C13H22N4O/c1-4-17-12(11(14)10(3)15-17)13(18)16-7-5-9(2)6-8-16/h9H,4-8,14H2,1-3H3. The Morgan fingerprint density at radius 1 is 1.44 bits per heavy atom. The number of amides is 1. The summed E-state index contributed by atoms with van der Waals surface area (Å²) in [5.74, 6) is 0.742. The van der Waals surface area contributed by atoms with Crippen LogP contribution in [0.15, 0.2) is 0 Å². The lowest BCUT2D eigenvalue weighted by molar-refractivity contribution is 0.0686. The molecule has 1 aromatic rings. The molecule has 0 aromatic carbocycles. The smallest absolute Gasteiger partial charge is 0.274 e. The van der Waals surface area contributed by atoms with Gasteiger partial charge in [0.25, 0.3) is 5.91 Å². The van der Waals surface area contributed by atoms with Gasteiger partial charge in [-0.05, 0) is 32.6 Å². The molecular formula is C13H22N4O. The molecule has 1 aromatic heterocycles. The third kappa shape index (κ3) is 2.21. The monoisotopic (exact) mass is 250 g/mol. The molecule has 0 unspecified atom stereocenters. The van der Waals surface area contributed by atoms with Gasteiger partial charge in [-0.1, -0.05) is 6.92 Å². The minimum atomic E-state index is 0.0295. The van der Waals surface area contributed by atoms with Crippen molar-refractivity contribution in [2.75, 3.05) is 18.8 Å². The van der Waals surface area contributed by atoms with Crippen LogP contribution in [0.5, 0.6) is 0 Å². The zero-order valence-corrected chi connectivity index (χ0v) is 11.4. The first-order valence-electron chi connectivity index (χ1n) is 6.66. The average Bonchev–Trinajstić information content (AvgIpc) is 2.65. The molecule has 2 N–H and O–H groups in total. The Morgan fingerprint density at radius 2 is 2.06 bits per heavy atom. The molecule has 0 radical (unpaired) electrons. The Bertz CT molecular complexity index is 444. The summed E-state index contributed by atoms with van der Waals surface area (Å²) in [5, 5.41) is 4.30. The lowest BCUT2D eigenvalue weighted by Crippen LogP contribution is -2.39. The molecule has 1 aliphatic rings.